The number of rotatable bonds is 5. The van der Waals surface area contributed by atoms with Gasteiger partial charge in [0.15, 0.2) is 0 Å². The second kappa shape index (κ2) is 5.28. The molecule has 0 spiro atoms. The summed E-state index contributed by atoms with van der Waals surface area (Å²) < 4.78 is 0. The molecule has 0 aromatic heterocycles. The summed E-state index contributed by atoms with van der Waals surface area (Å²) in [7, 11) is 2.10. The van der Waals surface area contributed by atoms with Crippen LogP contribution in [0.3, 0.4) is 0 Å². The SMILES string of the molecule is CC(N(C)CCC(C)(O)CN)C(C)(C)C. The van der Waals surface area contributed by atoms with E-state index < -0.39 is 5.60 Å². The van der Waals surface area contributed by atoms with E-state index in [1.165, 1.54) is 0 Å². The van der Waals surface area contributed by atoms with Gasteiger partial charge in [0.25, 0.3) is 0 Å². The van der Waals surface area contributed by atoms with Crippen molar-refractivity contribution in [1.82, 2.24) is 4.90 Å². The van der Waals surface area contributed by atoms with Gasteiger partial charge >= 0.3 is 0 Å². The van der Waals surface area contributed by atoms with Gasteiger partial charge in [-0.2, -0.15) is 0 Å². The lowest BCUT2D eigenvalue weighted by molar-refractivity contribution is 0.0380. The lowest BCUT2D eigenvalue weighted by atomic mass is 9.87. The first-order valence-corrected chi connectivity index (χ1v) is 5.73. The first kappa shape index (κ1) is 14.9. The van der Waals surface area contributed by atoms with Gasteiger partial charge in [-0.25, -0.2) is 0 Å². The largest absolute Gasteiger partial charge is 0.389 e. The molecule has 0 fully saturated rings. The van der Waals surface area contributed by atoms with Crippen LogP contribution in [0.4, 0.5) is 0 Å². The van der Waals surface area contributed by atoms with E-state index in [9.17, 15) is 5.11 Å². The second-order valence-corrected chi connectivity index (χ2v) is 5.97. The molecule has 0 aromatic rings. The van der Waals surface area contributed by atoms with Crippen molar-refractivity contribution in [2.24, 2.45) is 11.1 Å². The molecule has 0 heterocycles. The van der Waals surface area contributed by atoms with E-state index in [4.69, 9.17) is 5.73 Å². The van der Waals surface area contributed by atoms with Crippen LogP contribution in [-0.4, -0.2) is 41.8 Å². The van der Waals surface area contributed by atoms with E-state index in [1.807, 2.05) is 0 Å². The van der Waals surface area contributed by atoms with Crippen LogP contribution >= 0.6 is 0 Å². The monoisotopic (exact) mass is 216 g/mol. The third kappa shape index (κ3) is 5.50. The molecule has 0 aliphatic carbocycles. The Hall–Kier alpha value is -0.120. The maximum atomic E-state index is 9.81. The third-order valence-corrected chi connectivity index (χ3v) is 3.36. The fraction of sp³-hybridized carbons (Fsp3) is 1.00. The molecule has 0 radical (unpaired) electrons. The lowest BCUT2D eigenvalue weighted by Crippen LogP contribution is -2.43. The highest BCUT2D eigenvalue weighted by molar-refractivity contribution is 4.80. The van der Waals surface area contributed by atoms with Crippen LogP contribution in [0.25, 0.3) is 0 Å². The van der Waals surface area contributed by atoms with Gasteiger partial charge < -0.3 is 15.7 Å². The Kier molecular flexibility index (Phi) is 5.24. The lowest BCUT2D eigenvalue weighted by Gasteiger charge is -2.36. The number of hydrogen-bond donors (Lipinski definition) is 2. The Bertz CT molecular complexity index is 185. The van der Waals surface area contributed by atoms with Crippen molar-refractivity contribution in [1.29, 1.82) is 0 Å². The standard InChI is InChI=1S/C12H28N2O/c1-10(11(2,3)4)14(6)8-7-12(5,15)9-13/h10,15H,7-9,13H2,1-6H3. The van der Waals surface area contributed by atoms with Crippen LogP contribution in [0.1, 0.15) is 41.0 Å². The minimum Gasteiger partial charge on any atom is -0.389 e. The van der Waals surface area contributed by atoms with Gasteiger partial charge in [-0.1, -0.05) is 20.8 Å². The van der Waals surface area contributed by atoms with Crippen molar-refractivity contribution in [2.45, 2.75) is 52.7 Å². The molecule has 0 saturated heterocycles. The highest BCUT2D eigenvalue weighted by atomic mass is 16.3. The van der Waals surface area contributed by atoms with Crippen LogP contribution in [0.2, 0.25) is 0 Å². The minimum absolute atomic E-state index is 0.267. The summed E-state index contributed by atoms with van der Waals surface area (Å²) in [5.74, 6) is 0. The Labute approximate surface area is 94.6 Å². The van der Waals surface area contributed by atoms with Crippen molar-refractivity contribution in [3.8, 4) is 0 Å². The Morgan fingerprint density at radius 1 is 1.27 bits per heavy atom. The molecular formula is C12H28N2O. The van der Waals surface area contributed by atoms with Crippen LogP contribution in [-0.2, 0) is 0 Å². The molecule has 2 atom stereocenters. The van der Waals surface area contributed by atoms with E-state index in [2.05, 4.69) is 39.6 Å². The summed E-state index contributed by atoms with van der Waals surface area (Å²) in [4.78, 5) is 2.28. The highest BCUT2D eigenvalue weighted by Crippen LogP contribution is 2.23. The molecule has 2 unspecified atom stereocenters. The number of nitrogens with two attached hydrogens (primary N) is 1. The van der Waals surface area contributed by atoms with E-state index >= 15 is 0 Å². The quantitative estimate of drug-likeness (QED) is 0.731. The van der Waals surface area contributed by atoms with E-state index in [-0.39, 0.29) is 5.41 Å². The van der Waals surface area contributed by atoms with E-state index in [0.29, 0.717) is 12.6 Å². The highest BCUT2D eigenvalue weighted by Gasteiger charge is 2.25. The Morgan fingerprint density at radius 3 is 2.07 bits per heavy atom. The second-order valence-electron chi connectivity index (χ2n) is 5.97. The van der Waals surface area contributed by atoms with Crippen molar-refractivity contribution >= 4 is 0 Å². The van der Waals surface area contributed by atoms with E-state index in [1.54, 1.807) is 6.92 Å². The van der Waals surface area contributed by atoms with Crippen LogP contribution in [0.5, 0.6) is 0 Å². The summed E-state index contributed by atoms with van der Waals surface area (Å²) in [6.45, 7) is 11.9. The number of aliphatic hydroxyl groups is 1. The summed E-state index contributed by atoms with van der Waals surface area (Å²) in [6.07, 6.45) is 0.723. The van der Waals surface area contributed by atoms with Gasteiger partial charge in [0.1, 0.15) is 0 Å². The average Bonchev–Trinajstić information content (AvgIpc) is 2.11. The van der Waals surface area contributed by atoms with Crippen molar-refractivity contribution < 1.29 is 5.11 Å². The maximum absolute atomic E-state index is 9.81. The molecule has 0 aliphatic rings. The molecule has 15 heavy (non-hydrogen) atoms. The normalized spacial score (nSPS) is 19.0. The van der Waals surface area contributed by atoms with Crippen LogP contribution in [0, 0.1) is 5.41 Å². The van der Waals surface area contributed by atoms with Gasteiger partial charge in [-0.3, -0.25) is 0 Å². The molecule has 3 N–H and O–H groups in total. The fourth-order valence-corrected chi connectivity index (χ4v) is 1.37. The van der Waals surface area contributed by atoms with Crippen LogP contribution in [0.15, 0.2) is 0 Å². The number of nitrogens with zero attached hydrogens (tertiary/aromatic N) is 1. The zero-order chi connectivity index (χ0) is 12.3. The fourth-order valence-electron chi connectivity index (χ4n) is 1.37. The molecule has 0 bridgehead atoms. The third-order valence-electron chi connectivity index (χ3n) is 3.36. The summed E-state index contributed by atoms with van der Waals surface area (Å²) in [5.41, 5.74) is 5.02. The van der Waals surface area contributed by atoms with Crippen molar-refractivity contribution in [3.63, 3.8) is 0 Å². The number of hydrogen-bond acceptors (Lipinski definition) is 3. The van der Waals surface area contributed by atoms with Gasteiger partial charge in [-0.05, 0) is 32.7 Å². The zero-order valence-electron chi connectivity index (χ0n) is 11.2. The van der Waals surface area contributed by atoms with Gasteiger partial charge in [0.2, 0.25) is 0 Å². The van der Waals surface area contributed by atoms with Gasteiger partial charge in [-0.15, -0.1) is 0 Å². The molecule has 0 rings (SSSR count). The smallest absolute Gasteiger partial charge is 0.0753 e. The average molecular weight is 216 g/mol. The Balaban J connectivity index is 4.10. The molecule has 92 valence electrons. The van der Waals surface area contributed by atoms with Crippen molar-refractivity contribution in [3.05, 3.63) is 0 Å². The predicted octanol–water partition coefficient (Wildman–Crippen LogP) is 1.45. The molecule has 0 saturated carbocycles. The Morgan fingerprint density at radius 2 is 1.73 bits per heavy atom. The predicted molar refractivity (Wildman–Crippen MR) is 65.8 cm³/mol. The van der Waals surface area contributed by atoms with E-state index in [0.717, 1.165) is 13.0 Å². The molecule has 0 amide bonds. The topological polar surface area (TPSA) is 49.5 Å². The minimum atomic E-state index is -0.730. The first-order valence-electron chi connectivity index (χ1n) is 5.73. The maximum Gasteiger partial charge on any atom is 0.0753 e. The van der Waals surface area contributed by atoms with Crippen LogP contribution < -0.4 is 5.73 Å². The molecule has 0 aromatic carbocycles. The summed E-state index contributed by atoms with van der Waals surface area (Å²) >= 11 is 0. The molecule has 3 nitrogen and oxygen atoms in total. The molecule has 3 heteroatoms. The first-order chi connectivity index (χ1) is 6.60. The zero-order valence-corrected chi connectivity index (χ0v) is 11.2. The van der Waals surface area contributed by atoms with Crippen molar-refractivity contribution in [2.75, 3.05) is 20.1 Å². The van der Waals surface area contributed by atoms with Gasteiger partial charge in [0.05, 0.1) is 5.60 Å². The molecule has 0 aliphatic heterocycles. The van der Waals surface area contributed by atoms with Gasteiger partial charge in [0, 0.05) is 19.1 Å². The summed E-state index contributed by atoms with van der Waals surface area (Å²) in [5, 5.41) is 9.81. The summed E-state index contributed by atoms with van der Waals surface area (Å²) in [6, 6.07) is 0.492. The molecular weight excluding hydrogens is 188 g/mol.